The van der Waals surface area contributed by atoms with E-state index in [4.69, 9.17) is 13.0 Å². The van der Waals surface area contributed by atoms with Gasteiger partial charge in [0.1, 0.15) is 0 Å². The maximum atomic E-state index is 9.22. The van der Waals surface area contributed by atoms with Gasteiger partial charge in [-0.25, -0.2) is 18.2 Å². The Morgan fingerprint density at radius 2 is 2.10 bits per heavy atom. The minimum Gasteiger partial charge on any atom is -0.288 e. The minimum atomic E-state index is -3.12. The first-order valence-corrected chi connectivity index (χ1v) is 3.26. The van der Waals surface area contributed by atoms with E-state index in [0.29, 0.717) is 6.54 Å². The molecule has 58 valence electrons. The van der Waals surface area contributed by atoms with Crippen molar-refractivity contribution in [3.63, 3.8) is 0 Å². The Balaban J connectivity index is 0. The van der Waals surface area contributed by atoms with Gasteiger partial charge in [-0.15, -0.1) is 6.58 Å². The molecule has 0 aromatic heterocycles. The summed E-state index contributed by atoms with van der Waals surface area (Å²) in [6, 6.07) is 0. The Hall–Kier alpha value is -0.970. The molecular weight excluding hydrogens is 158 g/mol. The maximum Gasteiger partial charge on any atom is 0.254 e. The maximum absolute atomic E-state index is 9.22. The second-order valence-electron chi connectivity index (χ2n) is 0.958. The van der Waals surface area contributed by atoms with Gasteiger partial charge >= 0.3 is 0 Å². The van der Waals surface area contributed by atoms with E-state index in [2.05, 4.69) is 11.6 Å². The van der Waals surface area contributed by atoms with Crippen LogP contribution < -0.4 is 0 Å². The number of nitrogens with zero attached hydrogens (tertiary/aromatic N) is 1. The summed E-state index contributed by atoms with van der Waals surface area (Å²) in [7, 11) is -3.12. The molecule has 10 heavy (non-hydrogen) atoms. The predicted molar refractivity (Wildman–Crippen MR) is 36.1 cm³/mol. The van der Waals surface area contributed by atoms with E-state index in [-0.39, 0.29) is 0 Å². The molecule has 0 radical (unpaired) electrons. The summed E-state index contributed by atoms with van der Waals surface area (Å²) in [4.78, 5) is 12.4. The van der Waals surface area contributed by atoms with Gasteiger partial charge in [-0.3, -0.25) is 4.55 Å². The highest BCUT2D eigenvalue weighted by molar-refractivity contribution is 7.66. The lowest BCUT2D eigenvalue weighted by Gasteiger charge is -1.64. The SMILES string of the molecule is C=CCN=C=O.O=[SH](=O)O. The van der Waals surface area contributed by atoms with Gasteiger partial charge < -0.3 is 0 Å². The molecule has 0 unspecified atom stereocenters. The topological polar surface area (TPSA) is 83.8 Å². The molecule has 0 rings (SSSR count). The van der Waals surface area contributed by atoms with Crippen LogP contribution in [0.4, 0.5) is 0 Å². The molecule has 0 saturated heterocycles. The third-order valence-electron chi connectivity index (χ3n) is 0.285. The second-order valence-corrected chi connectivity index (χ2v) is 1.43. The van der Waals surface area contributed by atoms with Crippen molar-refractivity contribution >= 4 is 17.1 Å². The van der Waals surface area contributed by atoms with E-state index in [9.17, 15) is 4.79 Å². The van der Waals surface area contributed by atoms with E-state index in [1.165, 1.54) is 12.2 Å². The molecule has 0 aromatic carbocycles. The number of rotatable bonds is 2. The Labute approximate surface area is 59.9 Å². The first kappa shape index (κ1) is 11.8. The average molecular weight is 165 g/mol. The van der Waals surface area contributed by atoms with Gasteiger partial charge in [-0.1, -0.05) is 6.08 Å². The largest absolute Gasteiger partial charge is 0.288 e. The summed E-state index contributed by atoms with van der Waals surface area (Å²) in [5, 5.41) is 0. The highest BCUT2D eigenvalue weighted by Crippen LogP contribution is 1.61. The van der Waals surface area contributed by atoms with Crippen molar-refractivity contribution in [3.05, 3.63) is 12.7 Å². The summed E-state index contributed by atoms with van der Waals surface area (Å²) in [6.45, 7) is 3.70. The van der Waals surface area contributed by atoms with Crippen molar-refractivity contribution in [2.75, 3.05) is 6.54 Å². The van der Waals surface area contributed by atoms with Crippen molar-refractivity contribution in [3.8, 4) is 0 Å². The zero-order valence-corrected chi connectivity index (χ0v) is 5.95. The number of hydrogen-bond acceptors (Lipinski definition) is 4. The van der Waals surface area contributed by atoms with Crippen LogP contribution in [0.3, 0.4) is 0 Å². The lowest BCUT2D eigenvalue weighted by molar-refractivity contribution is 0.509. The van der Waals surface area contributed by atoms with Crippen LogP contribution in [0, 0.1) is 0 Å². The summed E-state index contributed by atoms with van der Waals surface area (Å²) >= 11 is 0. The van der Waals surface area contributed by atoms with Gasteiger partial charge in [0.2, 0.25) is 6.08 Å². The van der Waals surface area contributed by atoms with Crippen molar-refractivity contribution < 1.29 is 17.8 Å². The summed E-state index contributed by atoms with van der Waals surface area (Å²) < 4.78 is 24.2. The molecule has 0 aliphatic rings. The van der Waals surface area contributed by atoms with Crippen molar-refractivity contribution in [1.29, 1.82) is 0 Å². The summed E-state index contributed by atoms with van der Waals surface area (Å²) in [5.74, 6) is 0. The molecule has 0 aromatic rings. The Bertz CT molecular complexity index is 183. The monoisotopic (exact) mass is 165 g/mol. The van der Waals surface area contributed by atoms with Gasteiger partial charge in [0.15, 0.2) is 0 Å². The van der Waals surface area contributed by atoms with E-state index in [0.717, 1.165) is 0 Å². The summed E-state index contributed by atoms with van der Waals surface area (Å²) in [5.41, 5.74) is 0. The van der Waals surface area contributed by atoms with Crippen molar-refractivity contribution in [2.24, 2.45) is 4.99 Å². The van der Waals surface area contributed by atoms with Gasteiger partial charge in [0.05, 0.1) is 6.54 Å². The minimum absolute atomic E-state index is 0.378. The van der Waals surface area contributed by atoms with Crippen LogP contribution in [0.15, 0.2) is 17.6 Å². The molecule has 0 amide bonds. The zero-order chi connectivity index (χ0) is 8.41. The zero-order valence-electron chi connectivity index (χ0n) is 5.06. The molecule has 0 fully saturated rings. The van der Waals surface area contributed by atoms with Crippen LogP contribution in [0.25, 0.3) is 0 Å². The predicted octanol–water partition coefficient (Wildman–Crippen LogP) is -0.421. The lowest BCUT2D eigenvalue weighted by atomic mass is 10.7. The van der Waals surface area contributed by atoms with Gasteiger partial charge in [0, 0.05) is 0 Å². The van der Waals surface area contributed by atoms with Crippen molar-refractivity contribution in [1.82, 2.24) is 0 Å². The first-order chi connectivity index (χ1) is 4.65. The first-order valence-electron chi connectivity index (χ1n) is 2.13. The van der Waals surface area contributed by atoms with Crippen LogP contribution >= 0.6 is 0 Å². The summed E-state index contributed by atoms with van der Waals surface area (Å²) in [6.07, 6.45) is 2.90. The van der Waals surface area contributed by atoms with Gasteiger partial charge in [0.25, 0.3) is 11.0 Å². The normalized spacial score (nSPS) is 7.00. The Kier molecular flexibility index (Phi) is 12.9. The molecule has 0 aliphatic heterocycles. The number of hydrogen-bond donors (Lipinski definition) is 2. The van der Waals surface area contributed by atoms with Crippen LogP contribution in [0.2, 0.25) is 0 Å². The fraction of sp³-hybridized carbons (Fsp3) is 0.250. The van der Waals surface area contributed by atoms with Crippen LogP contribution in [0.5, 0.6) is 0 Å². The smallest absolute Gasteiger partial charge is 0.254 e. The average Bonchev–Trinajstić information content (AvgIpc) is 1.82. The highest BCUT2D eigenvalue weighted by Gasteiger charge is 1.58. The Morgan fingerprint density at radius 1 is 1.70 bits per heavy atom. The van der Waals surface area contributed by atoms with Gasteiger partial charge in [-0.05, 0) is 0 Å². The number of thiol groups is 1. The number of isocyanates is 1. The molecule has 0 atom stereocenters. The quantitative estimate of drug-likeness (QED) is 0.191. The van der Waals surface area contributed by atoms with Crippen molar-refractivity contribution in [2.45, 2.75) is 0 Å². The fourth-order valence-corrected chi connectivity index (χ4v) is 0.102. The third-order valence-corrected chi connectivity index (χ3v) is 0.285. The molecule has 5 nitrogen and oxygen atoms in total. The Morgan fingerprint density at radius 3 is 2.20 bits per heavy atom. The van der Waals surface area contributed by atoms with Crippen LogP contribution in [-0.4, -0.2) is 25.6 Å². The molecule has 0 saturated carbocycles. The van der Waals surface area contributed by atoms with E-state index in [1.807, 2.05) is 0 Å². The van der Waals surface area contributed by atoms with E-state index >= 15 is 0 Å². The van der Waals surface area contributed by atoms with Crippen LogP contribution in [-0.2, 0) is 15.8 Å². The lowest BCUT2D eigenvalue weighted by Crippen LogP contribution is -1.63. The molecule has 0 spiro atoms. The molecule has 0 bridgehead atoms. The van der Waals surface area contributed by atoms with Crippen LogP contribution in [0.1, 0.15) is 0 Å². The number of aliphatic imine (C=N–C) groups is 1. The van der Waals surface area contributed by atoms with Gasteiger partial charge in [-0.2, -0.15) is 0 Å². The fourth-order valence-electron chi connectivity index (χ4n) is 0.102. The second kappa shape index (κ2) is 10.9. The molecular formula is C4H7NO4S. The van der Waals surface area contributed by atoms with E-state index < -0.39 is 11.0 Å². The molecule has 0 heterocycles. The molecule has 1 N–H and O–H groups in total. The number of carbonyl (C=O) groups excluding carboxylic acids is 1. The standard InChI is InChI=1S/C4H5NO.H2O3S/c1-2-3-5-4-6;1-4(2)3/h2H,1,3H2;4H,(H,1,2,3). The third kappa shape index (κ3) is 62.0. The highest BCUT2D eigenvalue weighted by atomic mass is 32.2. The van der Waals surface area contributed by atoms with E-state index in [1.54, 1.807) is 0 Å². The molecule has 6 heteroatoms. The molecule has 0 aliphatic carbocycles.